The number of benzene rings is 2. The van der Waals surface area contributed by atoms with Crippen LogP contribution in [-0.4, -0.2) is 7.11 Å². The number of rotatable bonds is 5. The van der Waals surface area contributed by atoms with Crippen molar-refractivity contribution in [3.8, 4) is 11.5 Å². The molecule has 2 rings (SSSR count). The molecule has 0 bridgehead atoms. The van der Waals surface area contributed by atoms with Crippen molar-refractivity contribution >= 4 is 0 Å². The summed E-state index contributed by atoms with van der Waals surface area (Å²) in [6.07, 6.45) is 0. The summed E-state index contributed by atoms with van der Waals surface area (Å²) >= 11 is 0. The zero-order valence-electron chi connectivity index (χ0n) is 13.2. The maximum atomic E-state index is 5.98. The van der Waals surface area contributed by atoms with E-state index in [1.807, 2.05) is 18.2 Å². The lowest BCUT2D eigenvalue weighted by atomic mass is 10.0. The van der Waals surface area contributed by atoms with Gasteiger partial charge in [-0.05, 0) is 55.7 Å². The molecule has 0 fully saturated rings. The number of hydrogen-bond donors (Lipinski definition) is 1. The van der Waals surface area contributed by atoms with E-state index in [-0.39, 0.29) is 0 Å². The van der Waals surface area contributed by atoms with Crippen LogP contribution in [0.15, 0.2) is 30.3 Å². The van der Waals surface area contributed by atoms with Crippen LogP contribution in [0.3, 0.4) is 0 Å². The van der Waals surface area contributed by atoms with Gasteiger partial charge in [-0.1, -0.05) is 17.7 Å². The first kappa shape index (κ1) is 15.4. The molecule has 0 aromatic heterocycles. The number of aryl methyl sites for hydroxylation is 3. The van der Waals surface area contributed by atoms with E-state index >= 15 is 0 Å². The van der Waals surface area contributed by atoms with Crippen LogP contribution in [0.2, 0.25) is 0 Å². The molecule has 0 spiro atoms. The fraction of sp³-hybridized carbons (Fsp3) is 0.333. The molecule has 0 heterocycles. The molecule has 0 aliphatic carbocycles. The summed E-state index contributed by atoms with van der Waals surface area (Å²) in [5, 5.41) is 0. The summed E-state index contributed by atoms with van der Waals surface area (Å²) in [7, 11) is 1.65. The van der Waals surface area contributed by atoms with Crippen molar-refractivity contribution in [2.75, 3.05) is 7.11 Å². The first-order chi connectivity index (χ1) is 10.0. The summed E-state index contributed by atoms with van der Waals surface area (Å²) in [4.78, 5) is 0. The maximum absolute atomic E-state index is 5.98. The molecule has 21 heavy (non-hydrogen) atoms. The summed E-state index contributed by atoms with van der Waals surface area (Å²) < 4.78 is 11.2. The van der Waals surface area contributed by atoms with E-state index in [4.69, 9.17) is 15.2 Å². The van der Waals surface area contributed by atoms with Gasteiger partial charge in [0.05, 0.1) is 7.11 Å². The van der Waals surface area contributed by atoms with E-state index in [0.29, 0.717) is 13.2 Å². The molecule has 2 aromatic carbocycles. The van der Waals surface area contributed by atoms with Gasteiger partial charge >= 0.3 is 0 Å². The van der Waals surface area contributed by atoms with Crippen LogP contribution in [0.5, 0.6) is 11.5 Å². The summed E-state index contributed by atoms with van der Waals surface area (Å²) in [5.74, 6) is 1.61. The van der Waals surface area contributed by atoms with Gasteiger partial charge in [0.1, 0.15) is 18.1 Å². The van der Waals surface area contributed by atoms with Gasteiger partial charge in [0, 0.05) is 12.1 Å². The number of methoxy groups -OCH3 is 1. The van der Waals surface area contributed by atoms with Crippen LogP contribution >= 0.6 is 0 Å². The van der Waals surface area contributed by atoms with Gasteiger partial charge in [-0.25, -0.2) is 0 Å². The van der Waals surface area contributed by atoms with E-state index < -0.39 is 0 Å². The fourth-order valence-electron chi connectivity index (χ4n) is 2.57. The van der Waals surface area contributed by atoms with E-state index in [1.54, 1.807) is 7.11 Å². The number of hydrogen-bond acceptors (Lipinski definition) is 3. The van der Waals surface area contributed by atoms with Crippen molar-refractivity contribution in [2.45, 2.75) is 33.9 Å². The topological polar surface area (TPSA) is 44.5 Å². The molecule has 0 unspecified atom stereocenters. The third kappa shape index (κ3) is 3.56. The largest absolute Gasteiger partial charge is 0.497 e. The molecule has 0 radical (unpaired) electrons. The fourth-order valence-corrected chi connectivity index (χ4v) is 2.57. The Labute approximate surface area is 126 Å². The quantitative estimate of drug-likeness (QED) is 0.912. The van der Waals surface area contributed by atoms with Crippen molar-refractivity contribution in [2.24, 2.45) is 5.73 Å². The summed E-state index contributed by atoms with van der Waals surface area (Å²) in [5.41, 5.74) is 11.8. The predicted octanol–water partition coefficient (Wildman–Crippen LogP) is 3.66. The van der Waals surface area contributed by atoms with Crippen LogP contribution in [0.4, 0.5) is 0 Å². The Morgan fingerprint density at radius 3 is 2.24 bits per heavy atom. The van der Waals surface area contributed by atoms with Gasteiger partial charge in [0.25, 0.3) is 0 Å². The Morgan fingerprint density at radius 2 is 1.67 bits per heavy atom. The van der Waals surface area contributed by atoms with E-state index in [9.17, 15) is 0 Å². The summed E-state index contributed by atoms with van der Waals surface area (Å²) in [6, 6.07) is 10.1. The Balaban J connectivity index is 2.20. The number of nitrogens with two attached hydrogens (primary N) is 1. The van der Waals surface area contributed by atoms with Gasteiger partial charge < -0.3 is 15.2 Å². The van der Waals surface area contributed by atoms with Crippen molar-refractivity contribution in [3.05, 3.63) is 58.1 Å². The second-order valence-electron chi connectivity index (χ2n) is 5.34. The third-order valence-electron chi connectivity index (χ3n) is 3.70. The minimum Gasteiger partial charge on any atom is -0.497 e. The van der Waals surface area contributed by atoms with E-state index in [0.717, 1.165) is 17.1 Å². The SMILES string of the molecule is COc1ccc(OCc2c(C)cc(C)cc2C)c(CN)c1. The molecule has 0 atom stereocenters. The molecule has 112 valence electrons. The minimum atomic E-state index is 0.429. The monoisotopic (exact) mass is 285 g/mol. The van der Waals surface area contributed by atoms with Gasteiger partial charge in [0.15, 0.2) is 0 Å². The zero-order valence-corrected chi connectivity index (χ0v) is 13.2. The van der Waals surface area contributed by atoms with Crippen LogP contribution in [-0.2, 0) is 13.2 Å². The van der Waals surface area contributed by atoms with Crippen molar-refractivity contribution < 1.29 is 9.47 Å². The zero-order chi connectivity index (χ0) is 15.4. The van der Waals surface area contributed by atoms with Crippen molar-refractivity contribution in [1.29, 1.82) is 0 Å². The standard InChI is InChI=1S/C18H23NO2/c1-12-7-13(2)17(14(3)8-12)11-21-18-6-5-16(20-4)9-15(18)10-19/h5-9H,10-11,19H2,1-4H3. The van der Waals surface area contributed by atoms with Crippen LogP contribution in [0, 0.1) is 20.8 Å². The molecule has 0 aliphatic heterocycles. The van der Waals surface area contributed by atoms with Crippen molar-refractivity contribution in [3.63, 3.8) is 0 Å². The minimum absolute atomic E-state index is 0.429. The molecule has 0 saturated heterocycles. The highest BCUT2D eigenvalue weighted by atomic mass is 16.5. The maximum Gasteiger partial charge on any atom is 0.124 e. The first-order valence-electron chi connectivity index (χ1n) is 7.11. The lowest BCUT2D eigenvalue weighted by molar-refractivity contribution is 0.300. The van der Waals surface area contributed by atoms with E-state index in [2.05, 4.69) is 32.9 Å². The van der Waals surface area contributed by atoms with Crippen LogP contribution in [0.25, 0.3) is 0 Å². The highest BCUT2D eigenvalue weighted by Gasteiger charge is 2.08. The Bertz CT molecular complexity index is 612. The third-order valence-corrected chi connectivity index (χ3v) is 3.70. The number of ether oxygens (including phenoxy) is 2. The second-order valence-corrected chi connectivity index (χ2v) is 5.34. The van der Waals surface area contributed by atoms with Crippen molar-refractivity contribution in [1.82, 2.24) is 0 Å². The molecular formula is C18H23NO2. The predicted molar refractivity (Wildman–Crippen MR) is 85.9 cm³/mol. The average molecular weight is 285 g/mol. The highest BCUT2D eigenvalue weighted by Crippen LogP contribution is 2.26. The smallest absolute Gasteiger partial charge is 0.124 e. The van der Waals surface area contributed by atoms with Gasteiger partial charge in [0.2, 0.25) is 0 Å². The average Bonchev–Trinajstić information content (AvgIpc) is 2.46. The Kier molecular flexibility index (Phi) is 4.86. The van der Waals surface area contributed by atoms with Crippen LogP contribution < -0.4 is 15.2 Å². The second kappa shape index (κ2) is 6.64. The van der Waals surface area contributed by atoms with Gasteiger partial charge in [-0.2, -0.15) is 0 Å². The molecule has 0 aliphatic rings. The molecule has 0 amide bonds. The lowest BCUT2D eigenvalue weighted by Crippen LogP contribution is -2.05. The lowest BCUT2D eigenvalue weighted by Gasteiger charge is -2.15. The molecular weight excluding hydrogens is 262 g/mol. The molecule has 0 saturated carbocycles. The normalized spacial score (nSPS) is 10.5. The van der Waals surface area contributed by atoms with E-state index in [1.165, 1.54) is 22.3 Å². The molecule has 3 heteroatoms. The summed E-state index contributed by atoms with van der Waals surface area (Å²) in [6.45, 7) is 7.34. The van der Waals surface area contributed by atoms with Gasteiger partial charge in [-0.3, -0.25) is 0 Å². The molecule has 2 N–H and O–H groups in total. The molecule has 2 aromatic rings. The molecule has 3 nitrogen and oxygen atoms in total. The first-order valence-corrected chi connectivity index (χ1v) is 7.11. The van der Waals surface area contributed by atoms with Crippen LogP contribution in [0.1, 0.15) is 27.8 Å². The Hall–Kier alpha value is -2.00. The highest BCUT2D eigenvalue weighted by molar-refractivity contribution is 5.41. The van der Waals surface area contributed by atoms with Gasteiger partial charge in [-0.15, -0.1) is 0 Å². The Morgan fingerprint density at radius 1 is 1.00 bits per heavy atom.